The first-order valence-corrected chi connectivity index (χ1v) is 5.79. The van der Waals surface area contributed by atoms with Crippen LogP contribution in [-0.4, -0.2) is 22.8 Å². The maximum atomic E-state index is 12.6. The van der Waals surface area contributed by atoms with Crippen molar-refractivity contribution in [1.82, 2.24) is 5.32 Å². The van der Waals surface area contributed by atoms with Gasteiger partial charge in [-0.05, 0) is 25.0 Å². The Hall–Kier alpha value is -1.08. The van der Waals surface area contributed by atoms with Crippen molar-refractivity contribution in [2.75, 3.05) is 0 Å². The number of nitrogens with one attached hydrogen (secondary N) is 1. The van der Waals surface area contributed by atoms with E-state index in [1.807, 2.05) is 0 Å². The standard InChI is InChI=1S/C10H10F3NO2S/c11-10(12,13)9(3-4-9)14-5-6-1-2-7(17-6)8(15)16/h1-2,14H,3-5H2,(H,15,16). The SMILES string of the molecule is O=C(O)c1ccc(CNC2(C(F)(F)F)CC2)s1. The summed E-state index contributed by atoms with van der Waals surface area (Å²) in [6, 6.07) is 2.94. The predicted molar refractivity (Wildman–Crippen MR) is 56.1 cm³/mol. The summed E-state index contributed by atoms with van der Waals surface area (Å²) in [7, 11) is 0. The summed E-state index contributed by atoms with van der Waals surface area (Å²) >= 11 is 0.991. The molecule has 0 saturated heterocycles. The molecule has 1 aliphatic rings. The van der Waals surface area contributed by atoms with Crippen molar-refractivity contribution in [2.45, 2.75) is 31.1 Å². The molecule has 1 aromatic heterocycles. The summed E-state index contributed by atoms with van der Waals surface area (Å²) < 4.78 is 37.7. The molecule has 2 N–H and O–H groups in total. The topological polar surface area (TPSA) is 49.3 Å². The van der Waals surface area contributed by atoms with E-state index in [1.54, 1.807) is 0 Å². The van der Waals surface area contributed by atoms with Gasteiger partial charge in [0, 0.05) is 11.4 Å². The molecule has 0 spiro atoms. The second-order valence-corrected chi connectivity index (χ2v) is 5.17. The zero-order chi connectivity index (χ0) is 12.7. The highest BCUT2D eigenvalue weighted by Gasteiger charge is 2.62. The molecule has 1 aliphatic carbocycles. The van der Waals surface area contributed by atoms with Gasteiger partial charge in [0.15, 0.2) is 0 Å². The molecule has 1 heterocycles. The van der Waals surface area contributed by atoms with Crippen LogP contribution in [0.5, 0.6) is 0 Å². The van der Waals surface area contributed by atoms with Crippen LogP contribution in [0.3, 0.4) is 0 Å². The Morgan fingerprint density at radius 3 is 2.53 bits per heavy atom. The summed E-state index contributed by atoms with van der Waals surface area (Å²) in [4.78, 5) is 11.3. The van der Waals surface area contributed by atoms with E-state index >= 15 is 0 Å². The Bertz CT molecular complexity index is 437. The van der Waals surface area contributed by atoms with Gasteiger partial charge >= 0.3 is 12.1 Å². The molecular formula is C10H10F3NO2S. The number of carbonyl (C=O) groups is 1. The fourth-order valence-corrected chi connectivity index (χ4v) is 2.32. The van der Waals surface area contributed by atoms with E-state index in [0.717, 1.165) is 11.3 Å². The van der Waals surface area contributed by atoms with Crippen molar-refractivity contribution in [3.63, 3.8) is 0 Å². The molecule has 17 heavy (non-hydrogen) atoms. The first kappa shape index (κ1) is 12.4. The number of hydrogen-bond acceptors (Lipinski definition) is 3. The molecule has 7 heteroatoms. The highest BCUT2D eigenvalue weighted by molar-refractivity contribution is 7.13. The van der Waals surface area contributed by atoms with Crippen LogP contribution in [0.2, 0.25) is 0 Å². The molecule has 94 valence electrons. The molecule has 0 aromatic carbocycles. The molecule has 0 aliphatic heterocycles. The summed E-state index contributed by atoms with van der Waals surface area (Å²) in [6.45, 7) is 0.0530. The third-order valence-electron chi connectivity index (χ3n) is 2.77. The summed E-state index contributed by atoms with van der Waals surface area (Å²) in [5.41, 5.74) is -1.75. The molecule has 3 nitrogen and oxygen atoms in total. The van der Waals surface area contributed by atoms with Gasteiger partial charge in [-0.2, -0.15) is 13.2 Å². The van der Waals surface area contributed by atoms with Crippen LogP contribution in [0.1, 0.15) is 27.4 Å². The second-order valence-electron chi connectivity index (χ2n) is 4.00. The van der Waals surface area contributed by atoms with Gasteiger partial charge in [-0.25, -0.2) is 4.79 Å². The Balaban J connectivity index is 1.96. The molecule has 1 saturated carbocycles. The van der Waals surface area contributed by atoms with Gasteiger partial charge in [0.2, 0.25) is 0 Å². The number of carboxylic acid groups (broad SMARTS) is 1. The maximum absolute atomic E-state index is 12.6. The lowest BCUT2D eigenvalue weighted by Gasteiger charge is -2.20. The minimum Gasteiger partial charge on any atom is -0.477 e. The van der Waals surface area contributed by atoms with Crippen LogP contribution in [-0.2, 0) is 6.54 Å². The van der Waals surface area contributed by atoms with Crippen molar-refractivity contribution >= 4 is 17.3 Å². The van der Waals surface area contributed by atoms with Gasteiger partial charge in [-0.15, -0.1) is 11.3 Å². The van der Waals surface area contributed by atoms with Gasteiger partial charge in [0.05, 0.1) is 0 Å². The van der Waals surface area contributed by atoms with Crippen molar-refractivity contribution in [3.05, 3.63) is 21.9 Å². The smallest absolute Gasteiger partial charge is 0.406 e. The van der Waals surface area contributed by atoms with Crippen LogP contribution in [0.25, 0.3) is 0 Å². The monoisotopic (exact) mass is 265 g/mol. The molecule has 0 bridgehead atoms. The lowest BCUT2D eigenvalue weighted by Crippen LogP contribution is -2.44. The number of rotatable bonds is 4. The van der Waals surface area contributed by atoms with Gasteiger partial charge in [-0.1, -0.05) is 0 Å². The second kappa shape index (κ2) is 3.99. The molecule has 0 amide bonds. The van der Waals surface area contributed by atoms with Crippen molar-refractivity contribution in [1.29, 1.82) is 0 Å². The molecule has 1 aromatic rings. The number of halogens is 3. The van der Waals surface area contributed by atoms with E-state index in [9.17, 15) is 18.0 Å². The van der Waals surface area contributed by atoms with Crippen molar-refractivity contribution in [3.8, 4) is 0 Å². The van der Waals surface area contributed by atoms with E-state index in [4.69, 9.17) is 5.11 Å². The maximum Gasteiger partial charge on any atom is 0.406 e. The van der Waals surface area contributed by atoms with E-state index in [2.05, 4.69) is 5.32 Å². The van der Waals surface area contributed by atoms with E-state index in [-0.39, 0.29) is 24.3 Å². The average molecular weight is 265 g/mol. The lowest BCUT2D eigenvalue weighted by molar-refractivity contribution is -0.166. The van der Waals surface area contributed by atoms with Crippen LogP contribution in [0.15, 0.2) is 12.1 Å². The first-order valence-electron chi connectivity index (χ1n) is 4.98. The third kappa shape index (κ3) is 2.44. The van der Waals surface area contributed by atoms with Crippen LogP contribution < -0.4 is 5.32 Å². The summed E-state index contributed by atoms with van der Waals surface area (Å²) in [5, 5.41) is 11.1. The largest absolute Gasteiger partial charge is 0.477 e. The lowest BCUT2D eigenvalue weighted by atomic mass is 10.2. The van der Waals surface area contributed by atoms with Gasteiger partial charge in [-0.3, -0.25) is 5.32 Å². The fraction of sp³-hybridized carbons (Fsp3) is 0.500. The third-order valence-corrected chi connectivity index (χ3v) is 3.84. The molecule has 1 fully saturated rings. The van der Waals surface area contributed by atoms with Crippen molar-refractivity contribution < 1.29 is 23.1 Å². The van der Waals surface area contributed by atoms with Gasteiger partial charge in [0.25, 0.3) is 0 Å². The summed E-state index contributed by atoms with van der Waals surface area (Å²) in [5.74, 6) is -1.06. The fourth-order valence-electron chi connectivity index (χ4n) is 1.53. The molecule has 0 unspecified atom stereocenters. The predicted octanol–water partition coefficient (Wildman–Crippen LogP) is 2.63. The average Bonchev–Trinajstić information content (AvgIpc) is 2.86. The minimum atomic E-state index is -4.24. The number of thiophene rings is 1. The van der Waals surface area contributed by atoms with Gasteiger partial charge in [0.1, 0.15) is 10.4 Å². The molecular weight excluding hydrogens is 255 g/mol. The Kier molecular flexibility index (Phi) is 2.90. The highest BCUT2D eigenvalue weighted by atomic mass is 32.1. The van der Waals surface area contributed by atoms with Crippen LogP contribution in [0.4, 0.5) is 13.2 Å². The van der Waals surface area contributed by atoms with E-state index in [1.165, 1.54) is 12.1 Å². The van der Waals surface area contributed by atoms with Crippen molar-refractivity contribution in [2.24, 2.45) is 0 Å². The van der Waals surface area contributed by atoms with Gasteiger partial charge < -0.3 is 5.11 Å². The normalized spacial score (nSPS) is 18.1. The highest BCUT2D eigenvalue weighted by Crippen LogP contribution is 2.49. The summed E-state index contributed by atoms with van der Waals surface area (Å²) in [6.07, 6.45) is -4.05. The molecule has 2 rings (SSSR count). The van der Waals surface area contributed by atoms with Crippen LogP contribution in [0, 0.1) is 0 Å². The minimum absolute atomic E-state index is 0.0530. The number of carboxylic acids is 1. The number of hydrogen-bond donors (Lipinski definition) is 2. The Morgan fingerprint density at radius 1 is 1.47 bits per heavy atom. The zero-order valence-corrected chi connectivity index (χ0v) is 9.49. The van der Waals surface area contributed by atoms with Crippen LogP contribution >= 0.6 is 11.3 Å². The first-order chi connectivity index (χ1) is 7.84. The quantitative estimate of drug-likeness (QED) is 0.879. The molecule has 0 radical (unpaired) electrons. The molecule has 0 atom stereocenters. The Morgan fingerprint density at radius 2 is 2.12 bits per heavy atom. The zero-order valence-electron chi connectivity index (χ0n) is 8.67. The van der Waals surface area contributed by atoms with E-state index < -0.39 is 17.7 Å². The number of alkyl halides is 3. The van der Waals surface area contributed by atoms with E-state index in [0.29, 0.717) is 4.88 Å². The number of aromatic carboxylic acids is 1. The Labute approximate surface area is 99.3 Å².